The van der Waals surface area contributed by atoms with Crippen LogP contribution in [0, 0.1) is 0 Å². The van der Waals surface area contributed by atoms with Gasteiger partial charge >= 0.3 is 0 Å². The summed E-state index contributed by atoms with van der Waals surface area (Å²) in [4.78, 5) is 30.9. The molecule has 5 rings (SSSR count). The molecule has 4 heterocycles. The number of hydrogen-bond acceptors (Lipinski definition) is 9. The Hall–Kier alpha value is -3.30. The van der Waals surface area contributed by atoms with Crippen molar-refractivity contribution in [2.75, 3.05) is 38.1 Å². The van der Waals surface area contributed by atoms with Crippen molar-refractivity contribution in [2.45, 2.75) is 6.42 Å². The van der Waals surface area contributed by atoms with Crippen LogP contribution >= 0.6 is 11.3 Å². The summed E-state index contributed by atoms with van der Waals surface area (Å²) in [6, 6.07) is 9.54. The third-order valence-corrected chi connectivity index (χ3v) is 6.19. The van der Waals surface area contributed by atoms with Crippen molar-refractivity contribution >= 4 is 33.8 Å². The standard InChI is InChI=1S/C22H21N7OS/c1-28-6-8-29(9-7-28)21-11-15(4-5-23-21)19(30)12-20-24-13-17-3-2-16(10-18(17)26-20)22-27-25-14-31-22/h2-5,10-11,13-14H,6-9,12H2,1H3. The number of benzene rings is 1. The minimum Gasteiger partial charge on any atom is -0.354 e. The van der Waals surface area contributed by atoms with Gasteiger partial charge in [0.05, 0.1) is 11.9 Å². The Morgan fingerprint density at radius 2 is 1.97 bits per heavy atom. The van der Waals surface area contributed by atoms with Gasteiger partial charge in [-0.25, -0.2) is 15.0 Å². The maximum Gasteiger partial charge on any atom is 0.170 e. The Morgan fingerprint density at radius 3 is 2.77 bits per heavy atom. The molecule has 4 aromatic rings. The maximum atomic E-state index is 12.9. The quantitative estimate of drug-likeness (QED) is 0.446. The summed E-state index contributed by atoms with van der Waals surface area (Å²) in [6.07, 6.45) is 3.61. The lowest BCUT2D eigenvalue weighted by Crippen LogP contribution is -2.44. The molecule has 0 amide bonds. The van der Waals surface area contributed by atoms with E-state index in [1.54, 1.807) is 24.0 Å². The van der Waals surface area contributed by atoms with Crippen LogP contribution < -0.4 is 4.90 Å². The number of fused-ring (bicyclic) bond motifs is 1. The summed E-state index contributed by atoms with van der Waals surface area (Å²) in [5.74, 6) is 1.34. The number of piperazine rings is 1. The van der Waals surface area contributed by atoms with Gasteiger partial charge < -0.3 is 9.80 Å². The minimum atomic E-state index is -0.0163. The van der Waals surface area contributed by atoms with Gasteiger partial charge in [0, 0.05) is 55.1 Å². The zero-order valence-electron chi connectivity index (χ0n) is 17.1. The number of hydrogen-bond donors (Lipinski definition) is 0. The van der Waals surface area contributed by atoms with Crippen molar-refractivity contribution in [3.05, 3.63) is 59.6 Å². The lowest BCUT2D eigenvalue weighted by atomic mass is 10.1. The molecule has 8 nitrogen and oxygen atoms in total. The van der Waals surface area contributed by atoms with Crippen LogP contribution in [0.5, 0.6) is 0 Å². The average molecular weight is 432 g/mol. The Kier molecular flexibility index (Phi) is 5.35. The number of anilines is 1. The summed E-state index contributed by atoms with van der Waals surface area (Å²) >= 11 is 1.48. The second-order valence-corrected chi connectivity index (χ2v) is 8.43. The summed E-state index contributed by atoms with van der Waals surface area (Å²) in [6.45, 7) is 3.80. The molecule has 0 bridgehead atoms. The fourth-order valence-electron chi connectivity index (χ4n) is 3.62. The summed E-state index contributed by atoms with van der Waals surface area (Å²) in [5, 5.41) is 9.77. The fraction of sp³-hybridized carbons (Fsp3) is 0.273. The van der Waals surface area contributed by atoms with Gasteiger partial charge in [0.2, 0.25) is 0 Å². The number of Topliss-reactive ketones (excluding diaryl/α,β-unsaturated/α-hetero) is 1. The number of carbonyl (C=O) groups is 1. The van der Waals surface area contributed by atoms with Crippen molar-refractivity contribution in [2.24, 2.45) is 0 Å². The monoisotopic (exact) mass is 431 g/mol. The van der Waals surface area contributed by atoms with Crippen molar-refractivity contribution < 1.29 is 4.79 Å². The van der Waals surface area contributed by atoms with Gasteiger partial charge in [-0.2, -0.15) is 0 Å². The molecule has 0 unspecified atom stereocenters. The average Bonchev–Trinajstić information content (AvgIpc) is 3.34. The normalized spacial score (nSPS) is 14.8. The molecule has 1 aromatic carbocycles. The minimum absolute atomic E-state index is 0.0163. The van der Waals surface area contributed by atoms with E-state index in [4.69, 9.17) is 0 Å². The first-order chi connectivity index (χ1) is 15.2. The van der Waals surface area contributed by atoms with Crippen molar-refractivity contribution in [1.82, 2.24) is 30.0 Å². The Bertz CT molecular complexity index is 1220. The van der Waals surface area contributed by atoms with Gasteiger partial charge in [-0.05, 0) is 25.2 Å². The molecule has 0 atom stereocenters. The molecule has 1 aliphatic rings. The molecule has 3 aromatic heterocycles. The Morgan fingerprint density at radius 1 is 1.10 bits per heavy atom. The van der Waals surface area contributed by atoms with Gasteiger partial charge in [0.15, 0.2) is 5.78 Å². The van der Waals surface area contributed by atoms with Crippen molar-refractivity contribution in [3.63, 3.8) is 0 Å². The number of aromatic nitrogens is 5. The van der Waals surface area contributed by atoms with E-state index in [0.29, 0.717) is 11.4 Å². The van der Waals surface area contributed by atoms with Gasteiger partial charge in [-0.15, -0.1) is 10.2 Å². The molecular formula is C22H21N7OS. The van der Waals surface area contributed by atoms with E-state index in [2.05, 4.69) is 42.0 Å². The number of ketones is 1. The molecule has 0 spiro atoms. The van der Waals surface area contributed by atoms with Gasteiger partial charge in [-0.3, -0.25) is 4.79 Å². The second-order valence-electron chi connectivity index (χ2n) is 7.60. The largest absolute Gasteiger partial charge is 0.354 e. The highest BCUT2D eigenvalue weighted by atomic mass is 32.1. The zero-order chi connectivity index (χ0) is 21.2. The molecular weight excluding hydrogens is 410 g/mol. The highest BCUT2D eigenvalue weighted by molar-refractivity contribution is 7.12. The van der Waals surface area contributed by atoms with Crippen LogP contribution in [0.2, 0.25) is 0 Å². The molecule has 1 saturated heterocycles. The maximum absolute atomic E-state index is 12.9. The number of likely N-dealkylation sites (N-methyl/N-ethyl adjacent to an activating group) is 1. The number of rotatable bonds is 5. The molecule has 156 valence electrons. The summed E-state index contributed by atoms with van der Waals surface area (Å²) in [5.41, 5.74) is 4.08. The third-order valence-electron chi connectivity index (χ3n) is 5.45. The highest BCUT2D eigenvalue weighted by Crippen LogP contribution is 2.24. The first-order valence-electron chi connectivity index (χ1n) is 10.1. The molecule has 0 saturated carbocycles. The van der Waals surface area contributed by atoms with E-state index < -0.39 is 0 Å². The predicted octanol–water partition coefficient (Wildman–Crippen LogP) is 2.72. The van der Waals surface area contributed by atoms with E-state index in [-0.39, 0.29) is 12.2 Å². The molecule has 0 radical (unpaired) electrons. The highest BCUT2D eigenvalue weighted by Gasteiger charge is 2.17. The summed E-state index contributed by atoms with van der Waals surface area (Å²) in [7, 11) is 2.12. The van der Waals surface area contributed by atoms with Crippen LogP contribution in [0.1, 0.15) is 16.2 Å². The number of nitrogens with zero attached hydrogens (tertiary/aromatic N) is 7. The lowest BCUT2D eigenvalue weighted by molar-refractivity contribution is 0.0991. The van der Waals surface area contributed by atoms with Crippen molar-refractivity contribution in [3.8, 4) is 10.6 Å². The first kappa shape index (κ1) is 19.7. The van der Waals surface area contributed by atoms with E-state index in [9.17, 15) is 4.79 Å². The van der Waals surface area contributed by atoms with E-state index in [1.165, 1.54) is 11.3 Å². The third kappa shape index (κ3) is 4.28. The number of carbonyl (C=O) groups excluding carboxylic acids is 1. The van der Waals surface area contributed by atoms with Crippen LogP contribution in [0.25, 0.3) is 21.5 Å². The SMILES string of the molecule is CN1CCN(c2cc(C(=O)Cc3ncc4ccc(-c5nncs5)cc4n3)ccn2)CC1. The molecule has 1 aliphatic heterocycles. The molecule has 0 N–H and O–H groups in total. The van der Waals surface area contributed by atoms with E-state index in [1.807, 2.05) is 24.3 Å². The van der Waals surface area contributed by atoms with Crippen LogP contribution in [0.4, 0.5) is 5.82 Å². The lowest BCUT2D eigenvalue weighted by Gasteiger charge is -2.33. The summed E-state index contributed by atoms with van der Waals surface area (Å²) < 4.78 is 0. The molecule has 1 fully saturated rings. The van der Waals surface area contributed by atoms with E-state index in [0.717, 1.165) is 53.5 Å². The van der Waals surface area contributed by atoms with Crippen LogP contribution in [0.15, 0.2) is 48.2 Å². The van der Waals surface area contributed by atoms with Crippen LogP contribution in [-0.2, 0) is 6.42 Å². The van der Waals surface area contributed by atoms with Gasteiger partial charge in [0.1, 0.15) is 22.2 Å². The van der Waals surface area contributed by atoms with Gasteiger partial charge in [0.25, 0.3) is 0 Å². The first-order valence-corrected chi connectivity index (χ1v) is 11.0. The zero-order valence-corrected chi connectivity index (χ0v) is 17.9. The van der Waals surface area contributed by atoms with Crippen molar-refractivity contribution in [1.29, 1.82) is 0 Å². The van der Waals surface area contributed by atoms with Gasteiger partial charge in [-0.1, -0.05) is 23.5 Å². The van der Waals surface area contributed by atoms with E-state index >= 15 is 0 Å². The smallest absolute Gasteiger partial charge is 0.170 e. The Balaban J connectivity index is 1.35. The second kappa shape index (κ2) is 8.44. The fourth-order valence-corrected chi connectivity index (χ4v) is 4.18. The Labute approximate surface area is 183 Å². The van der Waals surface area contributed by atoms with Crippen LogP contribution in [0.3, 0.4) is 0 Å². The van der Waals surface area contributed by atoms with Crippen LogP contribution in [-0.4, -0.2) is 69.1 Å². The molecule has 0 aliphatic carbocycles. The molecule has 31 heavy (non-hydrogen) atoms. The number of pyridine rings is 1. The molecule has 9 heteroatoms. The predicted molar refractivity (Wildman–Crippen MR) is 120 cm³/mol. The topological polar surface area (TPSA) is 88.0 Å².